The normalized spacial score (nSPS) is 19.3. The number of hydrogen-bond donors (Lipinski definition) is 3. The highest BCUT2D eigenvalue weighted by atomic mass is 32.2. The van der Waals surface area contributed by atoms with Crippen molar-refractivity contribution in [2.45, 2.75) is 31.4 Å². The van der Waals surface area contributed by atoms with E-state index in [0.29, 0.717) is 35.0 Å². The fourth-order valence-corrected chi connectivity index (χ4v) is 3.69. The molecule has 1 aliphatic carbocycles. The third-order valence-electron chi connectivity index (χ3n) is 4.65. The number of aliphatic hydroxyl groups is 1. The number of amides is 1. The summed E-state index contributed by atoms with van der Waals surface area (Å²) in [7, 11) is -2.61. The van der Waals surface area contributed by atoms with Crippen LogP contribution in [-0.4, -0.2) is 41.5 Å². The smallest absolute Gasteiger partial charge is 0.316 e. The van der Waals surface area contributed by atoms with E-state index in [1.807, 2.05) is 0 Å². The lowest BCUT2D eigenvalue weighted by Gasteiger charge is -2.16. The van der Waals surface area contributed by atoms with Crippen LogP contribution >= 0.6 is 0 Å². The number of H-pyrrole nitrogens is 1. The van der Waals surface area contributed by atoms with Crippen LogP contribution in [0.4, 0.5) is 5.69 Å². The lowest BCUT2D eigenvalue weighted by atomic mass is 10.0. The van der Waals surface area contributed by atoms with Crippen molar-refractivity contribution in [3.8, 4) is 11.1 Å². The molecule has 27 heavy (non-hydrogen) atoms. The molecule has 9 nitrogen and oxygen atoms in total. The molecule has 3 aromatic rings. The molecule has 2 atom stereocenters. The van der Waals surface area contributed by atoms with Crippen molar-refractivity contribution in [1.29, 1.82) is 0 Å². The Balaban J connectivity index is 1.83. The van der Waals surface area contributed by atoms with Crippen molar-refractivity contribution < 1.29 is 22.7 Å². The van der Waals surface area contributed by atoms with Crippen molar-refractivity contribution in [2.24, 2.45) is 4.36 Å². The van der Waals surface area contributed by atoms with Gasteiger partial charge in [-0.1, -0.05) is 0 Å². The number of carbonyl (C=O) groups excluding carboxylic acids is 1. The Morgan fingerprint density at radius 2 is 2.26 bits per heavy atom. The van der Waals surface area contributed by atoms with Crippen LogP contribution in [0, 0.1) is 0 Å². The second-order valence-electron chi connectivity index (χ2n) is 6.36. The van der Waals surface area contributed by atoms with E-state index in [4.69, 9.17) is 4.42 Å². The predicted molar refractivity (Wildman–Crippen MR) is 95.9 cm³/mol. The van der Waals surface area contributed by atoms with E-state index < -0.39 is 16.6 Å². The lowest BCUT2D eigenvalue weighted by Crippen LogP contribution is -2.40. The first-order chi connectivity index (χ1) is 13.0. The Bertz CT molecular complexity index is 1130. The quantitative estimate of drug-likeness (QED) is 0.626. The van der Waals surface area contributed by atoms with Gasteiger partial charge in [-0.2, -0.15) is 8.42 Å². The maximum atomic E-state index is 12.9. The molecular weight excluding hydrogens is 372 g/mol. The molecule has 4 rings (SSSR count). The summed E-state index contributed by atoms with van der Waals surface area (Å²) in [6, 6.07) is 2.93. The number of hydrogen-bond acceptors (Lipinski definition) is 7. The minimum atomic E-state index is -2.61. The molecule has 10 heteroatoms. The first-order valence-electron chi connectivity index (χ1n) is 8.37. The molecule has 140 valence electrons. The van der Waals surface area contributed by atoms with Crippen LogP contribution in [0.1, 0.15) is 29.8 Å². The van der Waals surface area contributed by atoms with Gasteiger partial charge in [0.15, 0.2) is 0 Å². The van der Waals surface area contributed by atoms with E-state index >= 15 is 0 Å². The van der Waals surface area contributed by atoms with Crippen LogP contribution in [-0.2, 0) is 10.5 Å². The highest BCUT2D eigenvalue weighted by Crippen LogP contribution is 2.34. The van der Waals surface area contributed by atoms with Crippen molar-refractivity contribution in [3.05, 3.63) is 36.5 Å². The lowest BCUT2D eigenvalue weighted by molar-refractivity contribution is 0.0870. The van der Waals surface area contributed by atoms with Gasteiger partial charge in [0.1, 0.15) is 17.0 Å². The SMILES string of the molecule is O=C(NC1CCCC1O)c1[nH]c2ncc(N=S(=O)=O)cc2c1-c1ccoc1. The van der Waals surface area contributed by atoms with Crippen LogP contribution < -0.4 is 5.32 Å². The molecule has 0 saturated heterocycles. The Kier molecular flexibility index (Phi) is 4.50. The zero-order valence-corrected chi connectivity index (χ0v) is 14.9. The number of fused-ring (bicyclic) bond motifs is 1. The molecule has 3 heterocycles. The maximum Gasteiger partial charge on any atom is 0.316 e. The standard InChI is InChI=1S/C17H16N4O5S/c22-13-3-1-2-12(13)19-17(23)15-14(9-4-5-26-8-9)11-6-10(21-27(24)25)7-18-16(11)20-15/h4-8,12-13,22H,1-3H2,(H,18,20)(H,19,23). The van der Waals surface area contributed by atoms with E-state index in [-0.39, 0.29) is 23.3 Å². The Morgan fingerprint density at radius 3 is 2.93 bits per heavy atom. The highest BCUT2D eigenvalue weighted by molar-refractivity contribution is 7.61. The summed E-state index contributed by atoms with van der Waals surface area (Å²) in [5.41, 5.74) is 2.00. The fourth-order valence-electron chi connectivity index (χ4n) is 3.42. The first-order valence-corrected chi connectivity index (χ1v) is 9.40. The minimum Gasteiger partial charge on any atom is -0.472 e. The molecular formula is C17H16N4O5S. The van der Waals surface area contributed by atoms with Crippen molar-refractivity contribution in [2.75, 3.05) is 0 Å². The van der Waals surface area contributed by atoms with Crippen LogP contribution in [0.15, 0.2) is 39.6 Å². The molecule has 0 aliphatic heterocycles. The summed E-state index contributed by atoms with van der Waals surface area (Å²) < 4.78 is 30.3. The van der Waals surface area contributed by atoms with Gasteiger partial charge in [-0.05, 0) is 31.4 Å². The third-order valence-corrected chi connectivity index (χ3v) is 5.01. The number of carbonyl (C=O) groups is 1. The largest absolute Gasteiger partial charge is 0.472 e. The fraction of sp³-hybridized carbons (Fsp3) is 0.294. The number of aliphatic hydroxyl groups excluding tert-OH is 1. The van der Waals surface area contributed by atoms with E-state index in [0.717, 1.165) is 6.42 Å². The van der Waals surface area contributed by atoms with Gasteiger partial charge in [-0.3, -0.25) is 4.79 Å². The molecule has 1 amide bonds. The predicted octanol–water partition coefficient (Wildman–Crippen LogP) is 2.16. The monoisotopic (exact) mass is 388 g/mol. The molecule has 0 bridgehead atoms. The number of nitrogens with zero attached hydrogens (tertiary/aromatic N) is 2. The van der Waals surface area contributed by atoms with Crippen LogP contribution in [0.2, 0.25) is 0 Å². The Labute approximate surface area is 155 Å². The Morgan fingerprint density at radius 1 is 1.41 bits per heavy atom. The second kappa shape index (κ2) is 6.97. The second-order valence-corrected chi connectivity index (χ2v) is 6.98. The van der Waals surface area contributed by atoms with Gasteiger partial charge < -0.3 is 19.8 Å². The van der Waals surface area contributed by atoms with E-state index in [1.54, 1.807) is 6.07 Å². The van der Waals surface area contributed by atoms with E-state index in [9.17, 15) is 18.3 Å². The minimum absolute atomic E-state index is 0.151. The Hall–Kier alpha value is -2.98. The molecule has 1 fully saturated rings. The summed E-state index contributed by atoms with van der Waals surface area (Å²) in [4.78, 5) is 20.0. The van der Waals surface area contributed by atoms with Crippen LogP contribution in [0.5, 0.6) is 0 Å². The van der Waals surface area contributed by atoms with Gasteiger partial charge in [-0.15, -0.1) is 4.36 Å². The average molecular weight is 388 g/mol. The average Bonchev–Trinajstić information content (AvgIpc) is 3.34. The van der Waals surface area contributed by atoms with Gasteiger partial charge in [0.05, 0.1) is 30.9 Å². The molecule has 1 saturated carbocycles. The number of aromatic amines is 1. The molecule has 0 radical (unpaired) electrons. The van der Waals surface area contributed by atoms with Gasteiger partial charge in [0.25, 0.3) is 5.91 Å². The van der Waals surface area contributed by atoms with Crippen molar-refractivity contribution in [3.63, 3.8) is 0 Å². The zero-order valence-electron chi connectivity index (χ0n) is 14.0. The maximum absolute atomic E-state index is 12.9. The molecule has 2 unspecified atom stereocenters. The molecule has 1 aliphatic rings. The first kappa shape index (κ1) is 17.4. The molecule has 0 spiro atoms. The van der Waals surface area contributed by atoms with Gasteiger partial charge in [0, 0.05) is 16.5 Å². The van der Waals surface area contributed by atoms with Crippen molar-refractivity contribution >= 4 is 33.1 Å². The van der Waals surface area contributed by atoms with Gasteiger partial charge in [0.2, 0.25) is 0 Å². The number of aromatic nitrogens is 2. The summed E-state index contributed by atoms with van der Waals surface area (Å²) in [6.45, 7) is 0. The molecule has 3 aromatic heterocycles. The van der Waals surface area contributed by atoms with E-state index in [1.165, 1.54) is 24.8 Å². The summed E-state index contributed by atoms with van der Waals surface area (Å²) in [5, 5.41) is 13.4. The third kappa shape index (κ3) is 3.36. The number of nitrogens with one attached hydrogen (secondary N) is 2. The summed E-state index contributed by atoms with van der Waals surface area (Å²) >= 11 is 0. The van der Waals surface area contributed by atoms with E-state index in [2.05, 4.69) is 19.6 Å². The summed E-state index contributed by atoms with van der Waals surface area (Å²) in [6.07, 6.45) is 5.92. The van der Waals surface area contributed by atoms with Gasteiger partial charge >= 0.3 is 10.5 Å². The van der Waals surface area contributed by atoms with Crippen LogP contribution in [0.3, 0.4) is 0 Å². The molecule has 3 N–H and O–H groups in total. The molecule has 0 aromatic carbocycles. The topological polar surface area (TPSA) is 138 Å². The number of furan rings is 1. The van der Waals surface area contributed by atoms with Crippen molar-refractivity contribution in [1.82, 2.24) is 15.3 Å². The highest BCUT2D eigenvalue weighted by Gasteiger charge is 2.29. The number of rotatable bonds is 4. The van der Waals surface area contributed by atoms with Crippen LogP contribution in [0.25, 0.3) is 22.2 Å². The zero-order chi connectivity index (χ0) is 19.0. The number of pyridine rings is 1. The summed E-state index contributed by atoms with van der Waals surface area (Å²) in [5.74, 6) is -0.374. The van der Waals surface area contributed by atoms with Gasteiger partial charge in [-0.25, -0.2) is 4.98 Å².